The lowest BCUT2D eigenvalue weighted by atomic mass is 10.1. The Morgan fingerprint density at radius 3 is 2.45 bits per heavy atom. The third-order valence-corrected chi connectivity index (χ3v) is 5.44. The number of anilines is 1. The van der Waals surface area contributed by atoms with Crippen molar-refractivity contribution < 1.29 is 9.53 Å². The summed E-state index contributed by atoms with van der Waals surface area (Å²) in [5, 5.41) is 2.95. The molecule has 0 radical (unpaired) electrons. The van der Waals surface area contributed by atoms with Gasteiger partial charge in [0.05, 0.1) is 17.4 Å². The second-order valence-electron chi connectivity index (χ2n) is 7.81. The normalized spacial score (nSPS) is 10.8. The van der Waals surface area contributed by atoms with Gasteiger partial charge < -0.3 is 14.6 Å². The molecule has 0 aliphatic rings. The quantitative estimate of drug-likeness (QED) is 0.347. The first kappa shape index (κ1) is 20.5. The van der Waals surface area contributed by atoms with Crippen LogP contribution in [-0.4, -0.2) is 15.5 Å². The van der Waals surface area contributed by atoms with Crippen LogP contribution in [0, 0.1) is 0 Å². The first-order valence-electron chi connectivity index (χ1n) is 10.8. The summed E-state index contributed by atoms with van der Waals surface area (Å²) < 4.78 is 7.96. The van der Waals surface area contributed by atoms with Crippen molar-refractivity contribution in [2.24, 2.45) is 0 Å². The highest BCUT2D eigenvalue weighted by Gasteiger charge is 2.08. The monoisotopic (exact) mass is 433 g/mol. The van der Waals surface area contributed by atoms with Gasteiger partial charge in [0.2, 0.25) is 0 Å². The fraction of sp³-hybridized carbons (Fsp3) is 0.0714. The van der Waals surface area contributed by atoms with Crippen molar-refractivity contribution >= 4 is 22.6 Å². The molecule has 5 nitrogen and oxygen atoms in total. The zero-order chi connectivity index (χ0) is 22.5. The molecule has 5 rings (SSSR count). The lowest BCUT2D eigenvalue weighted by Crippen LogP contribution is -2.12. The van der Waals surface area contributed by atoms with Gasteiger partial charge in [0.1, 0.15) is 12.4 Å². The molecule has 0 saturated heterocycles. The number of nitrogens with one attached hydrogen (secondary N) is 1. The Hall–Kier alpha value is -4.38. The predicted octanol–water partition coefficient (Wildman–Crippen LogP) is 5.92. The standard InChI is InChI=1S/C28H23N3O2/c32-28(30-24-9-6-10-25(17-24)33-19-22-7-2-1-3-8-22)23-15-13-21(14-16-23)18-31-20-29-26-11-4-5-12-27(26)31/h1-17,20H,18-19H2,(H,30,32). The number of hydrogen-bond acceptors (Lipinski definition) is 3. The van der Waals surface area contributed by atoms with Crippen molar-refractivity contribution in [3.63, 3.8) is 0 Å². The van der Waals surface area contributed by atoms with Crippen LogP contribution < -0.4 is 10.1 Å². The van der Waals surface area contributed by atoms with Gasteiger partial charge in [-0.05, 0) is 47.5 Å². The van der Waals surface area contributed by atoms with Gasteiger partial charge in [-0.3, -0.25) is 4.79 Å². The summed E-state index contributed by atoms with van der Waals surface area (Å²) in [7, 11) is 0. The highest BCUT2D eigenvalue weighted by Crippen LogP contribution is 2.20. The van der Waals surface area contributed by atoms with Gasteiger partial charge in [-0.25, -0.2) is 4.98 Å². The number of aromatic nitrogens is 2. The third-order valence-electron chi connectivity index (χ3n) is 5.44. The molecular weight excluding hydrogens is 410 g/mol. The van der Waals surface area contributed by atoms with Crippen LogP contribution in [0.3, 0.4) is 0 Å². The van der Waals surface area contributed by atoms with E-state index in [2.05, 4.69) is 20.9 Å². The van der Waals surface area contributed by atoms with Crippen LogP contribution in [0.1, 0.15) is 21.5 Å². The van der Waals surface area contributed by atoms with E-state index in [9.17, 15) is 4.79 Å². The molecule has 1 amide bonds. The number of amides is 1. The number of rotatable bonds is 7. The van der Waals surface area contributed by atoms with E-state index in [4.69, 9.17) is 4.74 Å². The van der Waals surface area contributed by atoms with Crippen LogP contribution in [0.15, 0.2) is 109 Å². The largest absolute Gasteiger partial charge is 0.489 e. The van der Waals surface area contributed by atoms with Gasteiger partial charge in [-0.15, -0.1) is 0 Å². The van der Waals surface area contributed by atoms with Crippen molar-refractivity contribution in [3.05, 3.63) is 126 Å². The zero-order valence-corrected chi connectivity index (χ0v) is 18.0. The lowest BCUT2D eigenvalue weighted by Gasteiger charge is -2.10. The van der Waals surface area contributed by atoms with Crippen molar-refractivity contribution in [2.45, 2.75) is 13.2 Å². The van der Waals surface area contributed by atoms with Gasteiger partial charge in [-0.1, -0.05) is 60.7 Å². The number of carbonyl (C=O) groups is 1. The van der Waals surface area contributed by atoms with E-state index in [0.29, 0.717) is 30.2 Å². The highest BCUT2D eigenvalue weighted by atomic mass is 16.5. The Kier molecular flexibility index (Phi) is 5.85. The summed E-state index contributed by atoms with van der Waals surface area (Å²) in [5.74, 6) is 0.550. The Balaban J connectivity index is 1.22. The predicted molar refractivity (Wildman–Crippen MR) is 130 cm³/mol. The van der Waals surface area contributed by atoms with Crippen LogP contribution >= 0.6 is 0 Å². The van der Waals surface area contributed by atoms with Crippen LogP contribution in [-0.2, 0) is 13.2 Å². The van der Waals surface area contributed by atoms with E-state index in [1.54, 1.807) is 0 Å². The molecule has 162 valence electrons. The number of benzene rings is 4. The molecule has 1 N–H and O–H groups in total. The number of carbonyl (C=O) groups excluding carboxylic acids is 1. The maximum absolute atomic E-state index is 12.7. The van der Waals surface area contributed by atoms with E-state index < -0.39 is 0 Å². The van der Waals surface area contributed by atoms with Crippen LogP contribution in [0.4, 0.5) is 5.69 Å². The van der Waals surface area contributed by atoms with E-state index in [1.807, 2.05) is 103 Å². The van der Waals surface area contributed by atoms with Gasteiger partial charge >= 0.3 is 0 Å². The minimum Gasteiger partial charge on any atom is -0.489 e. The van der Waals surface area contributed by atoms with Crippen LogP contribution in [0.5, 0.6) is 5.75 Å². The number of nitrogens with zero attached hydrogens (tertiary/aromatic N) is 2. The van der Waals surface area contributed by atoms with Crippen molar-refractivity contribution in [1.82, 2.24) is 9.55 Å². The molecule has 0 unspecified atom stereocenters. The molecule has 1 heterocycles. The van der Waals surface area contributed by atoms with Gasteiger partial charge in [0.15, 0.2) is 0 Å². The molecule has 0 aliphatic heterocycles. The second-order valence-corrected chi connectivity index (χ2v) is 7.81. The summed E-state index contributed by atoms with van der Waals surface area (Å²) in [6.45, 7) is 1.18. The summed E-state index contributed by atoms with van der Waals surface area (Å²) >= 11 is 0. The summed E-state index contributed by atoms with van der Waals surface area (Å²) in [4.78, 5) is 17.2. The topological polar surface area (TPSA) is 56.1 Å². The Morgan fingerprint density at radius 2 is 1.61 bits per heavy atom. The van der Waals surface area contributed by atoms with Crippen LogP contribution in [0.2, 0.25) is 0 Å². The molecule has 4 aromatic carbocycles. The number of para-hydroxylation sites is 2. The van der Waals surface area contributed by atoms with E-state index in [-0.39, 0.29) is 5.91 Å². The summed E-state index contributed by atoms with van der Waals surface area (Å²) in [6.07, 6.45) is 1.85. The number of ether oxygens (including phenoxy) is 1. The maximum Gasteiger partial charge on any atom is 0.255 e. The van der Waals surface area contributed by atoms with Crippen molar-refractivity contribution in [1.29, 1.82) is 0 Å². The SMILES string of the molecule is O=C(Nc1cccc(OCc2ccccc2)c1)c1ccc(Cn2cnc3ccccc32)cc1. The Morgan fingerprint density at radius 1 is 0.818 bits per heavy atom. The van der Waals surface area contributed by atoms with Gasteiger partial charge in [0, 0.05) is 23.9 Å². The fourth-order valence-corrected chi connectivity index (χ4v) is 3.70. The number of hydrogen-bond donors (Lipinski definition) is 1. The Labute approximate surface area is 192 Å². The van der Waals surface area contributed by atoms with E-state index in [1.165, 1.54) is 0 Å². The summed E-state index contributed by atoms with van der Waals surface area (Å²) in [6, 6.07) is 33.1. The molecule has 5 aromatic rings. The first-order chi connectivity index (χ1) is 16.2. The molecule has 0 bridgehead atoms. The zero-order valence-electron chi connectivity index (χ0n) is 18.0. The molecule has 5 heteroatoms. The van der Waals surface area contributed by atoms with E-state index >= 15 is 0 Å². The molecule has 0 fully saturated rings. The summed E-state index contributed by atoms with van der Waals surface area (Å²) in [5.41, 5.74) is 5.56. The average Bonchev–Trinajstić information content (AvgIpc) is 3.27. The fourth-order valence-electron chi connectivity index (χ4n) is 3.70. The Bertz CT molecular complexity index is 1380. The molecular formula is C28H23N3O2. The minimum absolute atomic E-state index is 0.158. The maximum atomic E-state index is 12.7. The lowest BCUT2D eigenvalue weighted by molar-refractivity contribution is 0.102. The minimum atomic E-state index is -0.158. The number of imidazole rings is 1. The molecule has 33 heavy (non-hydrogen) atoms. The first-order valence-corrected chi connectivity index (χ1v) is 10.8. The molecule has 0 spiro atoms. The van der Waals surface area contributed by atoms with Crippen molar-refractivity contribution in [3.8, 4) is 5.75 Å². The third kappa shape index (κ3) is 4.93. The molecule has 0 saturated carbocycles. The molecule has 1 aromatic heterocycles. The highest BCUT2D eigenvalue weighted by molar-refractivity contribution is 6.04. The van der Waals surface area contributed by atoms with Gasteiger partial charge in [-0.2, -0.15) is 0 Å². The second kappa shape index (κ2) is 9.40. The van der Waals surface area contributed by atoms with Crippen LogP contribution in [0.25, 0.3) is 11.0 Å². The average molecular weight is 434 g/mol. The van der Waals surface area contributed by atoms with Crippen molar-refractivity contribution in [2.75, 3.05) is 5.32 Å². The van der Waals surface area contributed by atoms with Gasteiger partial charge in [0.25, 0.3) is 5.91 Å². The van der Waals surface area contributed by atoms with E-state index in [0.717, 1.165) is 22.2 Å². The molecule has 0 atom stereocenters. The smallest absolute Gasteiger partial charge is 0.255 e. The molecule has 0 aliphatic carbocycles. The number of fused-ring (bicyclic) bond motifs is 1.